The molecule has 26 aromatic rings. The molecule has 14 aromatic carbocycles. The van der Waals surface area contributed by atoms with Crippen molar-refractivity contribution in [1.29, 1.82) is 0 Å². The van der Waals surface area contributed by atoms with Crippen LogP contribution in [0.15, 0.2) is 353 Å². The van der Waals surface area contributed by atoms with E-state index in [0.717, 1.165) is 17.0 Å². The second-order valence-corrected chi connectivity index (χ2v) is 55.5. The monoisotopic (exact) mass is 2000 g/mol. The number of pyridine rings is 4. The lowest BCUT2D eigenvalue weighted by Crippen LogP contribution is -2.49. The van der Waals surface area contributed by atoms with Crippen molar-refractivity contribution in [3.8, 4) is 90.6 Å². The number of aromatic nitrogens is 12. The number of para-hydroxylation sites is 8. The minimum Gasteiger partial charge on any atom is -0.264 e. The third-order valence-electron chi connectivity index (χ3n) is 29.6. The van der Waals surface area contributed by atoms with Crippen molar-refractivity contribution in [3.05, 3.63) is 397 Å². The molecule has 0 aliphatic heterocycles. The summed E-state index contributed by atoms with van der Waals surface area (Å²) in [6.45, 7) is 35.1. The summed E-state index contributed by atoms with van der Waals surface area (Å²) in [5, 5.41) is 14.0. The maximum absolute atomic E-state index is 4.44. The van der Waals surface area contributed by atoms with E-state index in [4.69, 9.17) is 0 Å². The third kappa shape index (κ3) is 15.8. The topological polar surface area (TPSA) is 86.8 Å². The van der Waals surface area contributed by atoms with E-state index in [2.05, 4.69) is 490 Å². The summed E-state index contributed by atoms with van der Waals surface area (Å²) >= 11 is 7.66. The van der Waals surface area contributed by atoms with Crippen molar-refractivity contribution in [1.82, 2.24) is 38.2 Å². The van der Waals surface area contributed by atoms with Gasteiger partial charge in [0.2, 0.25) is 0 Å². The zero-order valence-electron chi connectivity index (χ0n) is 86.1. The van der Waals surface area contributed by atoms with Gasteiger partial charge in [-0.05, 0) is 220 Å². The molecule has 0 amide bonds. The standard InChI is InChI=1S/C38H28N3S.C32H36N3SSi2.C30H28N3S.C28H24N3S/c1-25-24-39-22-21-28(25)38-40(2)32-18-10-11-19-33(32)41(38)36-30(26-13-5-3-6-14-26)23-31-29-17-9-12-20-34(29)42-37(31)35(36)27-15-7-4-8-16-27;1-21-20-33-18-17-22(21)32-34(2)25-14-10-11-15-26(25)35(32)29-28(37(3,4)5)19-24-23-13-9-12-16-27(23)36-30(24)31(29)38(6,7)8;1-18(2)23-16-24-22-10-6-9-13-27(22)34-29(24)20(4)28(23)33-26-12-8-7-11-25(26)32(5)30(33)21-14-15-31-17-19(21)3;1-17-15-22-21-9-5-8-12-25(21)32-27(22)19(3)26(17)31-24-11-7-6-10-23(24)30(4)28(31)20-13-14-29-16-18(20)2/h3-24H,1-2H3;9-20H,1-8H3;6-18H,1-5H3;5-16H,1-4H3/q4*+1. The first-order valence-electron chi connectivity index (χ1n) is 50.3. The SMILES string of the molecule is Cc1cnccc1-c1n(-c2c(-c3ccccc3)cc3c(sc4ccccc43)c2-c2ccccc2)c2ccccc2[n+]1C.Cc1cnccc1-c1n(-c2c(C(C)C)cc3c(sc4ccccc43)c2C)c2ccccc2[n+]1C.Cc1cnccc1-c1n(-c2c(C)cc3c(sc4ccccc43)c2C)c2ccccc2[n+]1C.Cc1cnccc1-c1n(-c2c([Si](C)(C)C)cc3c(sc4ccccc43)c2[Si](C)(C)C)c2ccccc2[n+]1C. The Morgan fingerprint density at radius 2 is 0.575 bits per heavy atom. The summed E-state index contributed by atoms with van der Waals surface area (Å²) in [5.41, 5.74) is 34.6. The first-order valence-corrected chi connectivity index (χ1v) is 60.6. The van der Waals surface area contributed by atoms with Gasteiger partial charge in [0.15, 0.2) is 49.8 Å². The van der Waals surface area contributed by atoms with Crippen molar-refractivity contribution in [2.75, 3.05) is 0 Å². The number of rotatable bonds is 13. The zero-order valence-corrected chi connectivity index (χ0v) is 91.3. The van der Waals surface area contributed by atoms with E-state index >= 15 is 0 Å². The fourth-order valence-corrected chi connectivity index (χ4v) is 31.9. The van der Waals surface area contributed by atoms with Crippen LogP contribution in [0, 0.1) is 48.5 Å². The van der Waals surface area contributed by atoms with Gasteiger partial charge in [-0.25, -0.2) is 18.3 Å². The lowest BCUT2D eigenvalue weighted by atomic mass is 9.92. The number of imidazole rings is 4. The normalized spacial score (nSPS) is 12.0. The van der Waals surface area contributed by atoms with Gasteiger partial charge in [0, 0.05) is 163 Å². The van der Waals surface area contributed by atoms with Gasteiger partial charge in [-0.3, -0.25) is 19.9 Å². The molecule has 0 aliphatic carbocycles. The molecule has 0 spiro atoms. The van der Waals surface area contributed by atoms with Crippen molar-refractivity contribution >= 4 is 197 Å². The van der Waals surface area contributed by atoms with E-state index in [1.165, 1.54) is 243 Å². The average molecular weight is 2010 g/mol. The number of hydrogen-bond acceptors (Lipinski definition) is 8. The number of fused-ring (bicyclic) bond motifs is 16. The Labute approximate surface area is 869 Å². The molecule has 716 valence electrons. The molecule has 0 bridgehead atoms. The summed E-state index contributed by atoms with van der Waals surface area (Å²) in [4.78, 5) is 17.6. The molecule has 12 aromatic heterocycles. The minimum absolute atomic E-state index is 0.384. The molecule has 0 unspecified atom stereocenters. The molecule has 18 heteroatoms. The fraction of sp³-hybridized carbons (Fsp3) is 0.156. The van der Waals surface area contributed by atoms with Crippen LogP contribution in [0.1, 0.15) is 64.3 Å². The molecule has 146 heavy (non-hydrogen) atoms. The van der Waals surface area contributed by atoms with Crippen LogP contribution in [0.5, 0.6) is 0 Å². The van der Waals surface area contributed by atoms with E-state index in [-0.39, 0.29) is 0 Å². The highest BCUT2D eigenvalue weighted by Gasteiger charge is 2.42. The maximum atomic E-state index is 4.44. The number of nitrogens with zero attached hydrogens (tertiary/aromatic N) is 12. The first-order chi connectivity index (χ1) is 70.7. The van der Waals surface area contributed by atoms with Crippen molar-refractivity contribution < 1.29 is 18.3 Å². The number of thiophene rings is 4. The highest BCUT2D eigenvalue weighted by Crippen LogP contribution is 2.52. The molecular weight excluding hydrogens is 1890 g/mol. The van der Waals surface area contributed by atoms with E-state index in [9.17, 15) is 0 Å². The van der Waals surface area contributed by atoms with Crippen LogP contribution in [-0.4, -0.2) is 54.4 Å². The second kappa shape index (κ2) is 37.5. The quantitative estimate of drug-likeness (QED) is 0.0850. The van der Waals surface area contributed by atoms with Crippen molar-refractivity contribution in [2.24, 2.45) is 28.2 Å². The zero-order chi connectivity index (χ0) is 101. The Balaban J connectivity index is 0.000000108. The maximum Gasteiger partial charge on any atom is 0.295 e. The van der Waals surface area contributed by atoms with Gasteiger partial charge in [0.25, 0.3) is 23.3 Å². The van der Waals surface area contributed by atoms with Gasteiger partial charge >= 0.3 is 0 Å². The number of aryl methyl sites for hydroxylation is 11. The van der Waals surface area contributed by atoms with E-state index < -0.39 is 16.1 Å². The molecule has 12 nitrogen and oxygen atoms in total. The van der Waals surface area contributed by atoms with Crippen LogP contribution in [0.2, 0.25) is 39.3 Å². The lowest BCUT2D eigenvalue weighted by Gasteiger charge is -2.28. The van der Waals surface area contributed by atoms with Gasteiger partial charge in [0.1, 0.15) is 17.1 Å². The van der Waals surface area contributed by atoms with E-state index in [1.807, 2.05) is 94.9 Å². The van der Waals surface area contributed by atoms with Gasteiger partial charge in [-0.1, -0.05) is 235 Å². The highest BCUT2D eigenvalue weighted by molar-refractivity contribution is 7.28. The van der Waals surface area contributed by atoms with E-state index in [1.54, 1.807) is 10.4 Å². The summed E-state index contributed by atoms with van der Waals surface area (Å²) in [6.07, 6.45) is 15.5. The predicted molar refractivity (Wildman–Crippen MR) is 626 cm³/mol. The van der Waals surface area contributed by atoms with Crippen LogP contribution in [-0.2, 0) is 28.2 Å². The van der Waals surface area contributed by atoms with Crippen LogP contribution in [0.4, 0.5) is 0 Å². The Hall–Kier alpha value is -15.1. The van der Waals surface area contributed by atoms with Crippen molar-refractivity contribution in [3.63, 3.8) is 0 Å². The summed E-state index contributed by atoms with van der Waals surface area (Å²) in [5.74, 6) is 5.11. The Morgan fingerprint density at radius 3 is 0.952 bits per heavy atom. The molecule has 12 heterocycles. The summed E-state index contributed by atoms with van der Waals surface area (Å²) < 4.78 is 30.3. The van der Waals surface area contributed by atoms with Gasteiger partial charge in [-0.15, -0.1) is 45.3 Å². The van der Waals surface area contributed by atoms with Gasteiger partial charge in [0.05, 0.1) is 66.6 Å². The van der Waals surface area contributed by atoms with Crippen LogP contribution in [0.3, 0.4) is 0 Å². The van der Waals surface area contributed by atoms with Gasteiger partial charge < -0.3 is 0 Å². The van der Waals surface area contributed by atoms with Crippen molar-refractivity contribution in [2.45, 2.75) is 108 Å². The molecule has 26 rings (SSSR count). The summed E-state index contributed by atoms with van der Waals surface area (Å²) in [6, 6.07) is 110. The highest BCUT2D eigenvalue weighted by atomic mass is 32.1. The van der Waals surface area contributed by atoms with Crippen LogP contribution in [0.25, 0.3) is 215 Å². The molecule has 0 N–H and O–H groups in total. The largest absolute Gasteiger partial charge is 0.295 e. The molecule has 0 radical (unpaired) electrons. The second-order valence-electron chi connectivity index (χ2n) is 41.3. The Bertz CT molecular complexity index is 9730. The lowest BCUT2D eigenvalue weighted by molar-refractivity contribution is -0.634. The Morgan fingerprint density at radius 1 is 0.267 bits per heavy atom. The average Bonchev–Trinajstić information content (AvgIpc) is 1.64. The Kier molecular flexibility index (Phi) is 24.3. The smallest absolute Gasteiger partial charge is 0.264 e. The van der Waals surface area contributed by atoms with Gasteiger partial charge in [-0.2, -0.15) is 18.3 Å². The molecule has 0 fully saturated rings. The van der Waals surface area contributed by atoms with Crippen LogP contribution >= 0.6 is 45.3 Å². The fourth-order valence-electron chi connectivity index (χ4n) is 22.7. The molecule has 0 atom stereocenters. The molecule has 0 saturated heterocycles. The number of hydrogen-bond donors (Lipinski definition) is 0. The first kappa shape index (κ1) is 94.5. The summed E-state index contributed by atoms with van der Waals surface area (Å²) in [7, 11) is 5.13. The van der Waals surface area contributed by atoms with Crippen LogP contribution < -0.4 is 28.6 Å². The molecule has 0 saturated carbocycles. The van der Waals surface area contributed by atoms with E-state index in [0.29, 0.717) is 5.92 Å². The molecule has 0 aliphatic rings. The third-order valence-corrected chi connectivity index (χ3v) is 38.8. The number of benzene rings is 14. The minimum atomic E-state index is -1.82. The molecular formula is C128H116N12S4Si2+4. The predicted octanol–water partition coefficient (Wildman–Crippen LogP) is 31.2.